The number of hydrogen-bond acceptors (Lipinski definition) is 31. The Balaban J connectivity index is 0.850. The van der Waals surface area contributed by atoms with Crippen LogP contribution in [0.4, 0.5) is 0 Å². The van der Waals surface area contributed by atoms with Crippen molar-refractivity contribution < 1.29 is 153 Å². The quantitative estimate of drug-likeness (QED) is 0.0346. The molecule has 34 unspecified atom stereocenters. The minimum absolute atomic E-state index is 0.0254. The number of fused-ring (bicyclic) bond motifs is 7. The van der Waals surface area contributed by atoms with Gasteiger partial charge in [-0.1, -0.05) is 46.3 Å². The van der Waals surface area contributed by atoms with Crippen molar-refractivity contribution in [3.05, 3.63) is 11.6 Å². The molecule has 5 aliphatic heterocycles. The van der Waals surface area contributed by atoms with E-state index in [9.17, 15) is 96.4 Å². The summed E-state index contributed by atoms with van der Waals surface area (Å²) in [6.45, 7) is 8.65. The molecule has 0 spiro atoms. The van der Waals surface area contributed by atoms with Gasteiger partial charge in [-0.05, 0) is 104 Å². The number of esters is 2. The SMILES string of the molecule is COC(=O)C1OC(OCC(O)COC(=O)C2(C)CCC3(CO)C(O)CC4(C)C(=CCC5C6(C)CCC(OC7OCC(OC8OC(CO)C(O)C(O)C8OC8OCC(O)C(O)C8O)C(O)C7OC7OC(CO)C(O)C(O)C7O)C(C)(C)C6CCC54C)C3C2)C(O)C(O)C1O. The number of aliphatic hydroxyl groups excluding tert-OH is 17. The van der Waals surface area contributed by atoms with Crippen molar-refractivity contribution in [1.29, 1.82) is 0 Å². The van der Waals surface area contributed by atoms with Gasteiger partial charge in [-0.25, -0.2) is 4.79 Å². The van der Waals surface area contributed by atoms with Crippen molar-refractivity contribution in [3.63, 3.8) is 0 Å². The van der Waals surface area contributed by atoms with Crippen molar-refractivity contribution in [2.24, 2.45) is 50.2 Å². The summed E-state index contributed by atoms with van der Waals surface area (Å²) >= 11 is 0. The van der Waals surface area contributed by atoms with Crippen molar-refractivity contribution >= 4 is 11.9 Å². The second-order valence-corrected chi connectivity index (χ2v) is 29.4. The van der Waals surface area contributed by atoms with E-state index in [-0.39, 0.29) is 43.1 Å². The normalized spacial score (nSPS) is 51.8. The van der Waals surface area contributed by atoms with Crippen LogP contribution in [-0.2, 0) is 66.4 Å². The van der Waals surface area contributed by atoms with Crippen LogP contribution in [-0.4, -0.2) is 312 Å². The van der Waals surface area contributed by atoms with E-state index < -0.39 is 244 Å². The Bertz CT molecular complexity index is 2600. The Kier molecular flexibility index (Phi) is 22.0. The molecule has 0 aromatic rings. The summed E-state index contributed by atoms with van der Waals surface area (Å²) in [4.78, 5) is 26.4. The van der Waals surface area contributed by atoms with Crippen LogP contribution >= 0.6 is 0 Å². The molecule has 5 aliphatic carbocycles. The van der Waals surface area contributed by atoms with Gasteiger partial charge in [-0.2, -0.15) is 0 Å². The fourth-order valence-corrected chi connectivity index (χ4v) is 18.0. The van der Waals surface area contributed by atoms with Crippen molar-refractivity contribution in [1.82, 2.24) is 0 Å². The van der Waals surface area contributed by atoms with Crippen LogP contribution in [0.3, 0.4) is 0 Å². The molecule has 34 atom stereocenters. The van der Waals surface area contributed by atoms with Crippen LogP contribution in [0.15, 0.2) is 11.6 Å². The molecule has 17 N–H and O–H groups in total. The molecule has 0 radical (unpaired) electrons. The Morgan fingerprint density at radius 1 is 0.591 bits per heavy atom. The van der Waals surface area contributed by atoms with E-state index in [0.29, 0.717) is 38.5 Å². The van der Waals surface area contributed by atoms with Crippen LogP contribution in [0.5, 0.6) is 0 Å². The lowest BCUT2D eigenvalue weighted by Crippen LogP contribution is -2.68. The molecular formula is C62H100O31. The van der Waals surface area contributed by atoms with Gasteiger partial charge in [-0.3, -0.25) is 4.79 Å². The topological polar surface area (TPSA) is 489 Å². The highest BCUT2D eigenvalue weighted by atomic mass is 16.8. The second-order valence-electron chi connectivity index (χ2n) is 29.4. The molecule has 9 fully saturated rings. The van der Waals surface area contributed by atoms with Gasteiger partial charge in [0.15, 0.2) is 37.6 Å². The second kappa shape index (κ2) is 28.0. The van der Waals surface area contributed by atoms with E-state index in [1.54, 1.807) is 6.92 Å². The Labute approximate surface area is 537 Å². The van der Waals surface area contributed by atoms with E-state index in [1.807, 2.05) is 0 Å². The van der Waals surface area contributed by atoms with E-state index in [2.05, 4.69) is 45.4 Å². The molecule has 0 aromatic heterocycles. The zero-order valence-corrected chi connectivity index (χ0v) is 53.5. The fraction of sp³-hybridized carbons (Fsp3) is 0.935. The first-order chi connectivity index (χ1) is 43.7. The molecule has 10 rings (SSSR count). The number of ether oxygens (including phenoxy) is 12. The lowest BCUT2D eigenvalue weighted by molar-refractivity contribution is -0.392. The molecule has 5 saturated heterocycles. The van der Waals surface area contributed by atoms with Gasteiger partial charge >= 0.3 is 11.9 Å². The number of allylic oxidation sites excluding steroid dienone is 2. The number of methoxy groups -OCH3 is 1. The standard InChI is InChI=1S/C62H100O31/c1-57(2)32-10-13-60(5)33(9-8-26-27-16-58(3,14-15-62(27,24-65)34(68)17-61(26,60)6)56(81)86-21-25(66)20-83-52-45(78)41(74)43(76)47(91-52)50(80)82-7)59(32,4)12-11-35(57)90-54-48(93-53-46(79)40(73)37(70)29(18-63)87-53)39(72)31(23-85-54)89-55-49(42(75)38(71)30(19-64)88-55)92-51-44(77)36(69)28(67)22-84-51/h8,25,27-49,51-55,63-79H,9-24H2,1-7H3. The number of carbonyl (C=O) groups excluding carboxylic acids is 2. The minimum Gasteiger partial charge on any atom is -0.467 e. The lowest BCUT2D eigenvalue weighted by Gasteiger charge is -2.72. The van der Waals surface area contributed by atoms with Gasteiger partial charge in [0.05, 0.1) is 64.4 Å². The predicted molar refractivity (Wildman–Crippen MR) is 308 cm³/mol. The summed E-state index contributed by atoms with van der Waals surface area (Å²) in [5.74, 6) is -2.10. The Hall–Kier alpha value is -2.40. The summed E-state index contributed by atoms with van der Waals surface area (Å²) in [6.07, 6.45) is -36.3. The smallest absolute Gasteiger partial charge is 0.337 e. The first-order valence-electron chi connectivity index (χ1n) is 32.5. The van der Waals surface area contributed by atoms with Crippen LogP contribution in [0.25, 0.3) is 0 Å². The van der Waals surface area contributed by atoms with Gasteiger partial charge in [0.25, 0.3) is 0 Å². The third-order valence-electron chi connectivity index (χ3n) is 24.0. The molecule has 31 heteroatoms. The third kappa shape index (κ3) is 12.8. The molecular weight excluding hydrogens is 1240 g/mol. The number of hydrogen-bond donors (Lipinski definition) is 17. The minimum atomic E-state index is -1.95. The van der Waals surface area contributed by atoms with Gasteiger partial charge < -0.3 is 144 Å². The molecule has 4 saturated carbocycles. The molecule has 31 nitrogen and oxygen atoms in total. The van der Waals surface area contributed by atoms with E-state index in [0.717, 1.165) is 12.7 Å². The lowest BCUT2D eigenvalue weighted by atomic mass is 9.33. The molecule has 5 heterocycles. The summed E-state index contributed by atoms with van der Waals surface area (Å²) in [7, 11) is 1.04. The monoisotopic (exact) mass is 1340 g/mol. The largest absolute Gasteiger partial charge is 0.467 e. The molecule has 0 aromatic carbocycles. The van der Waals surface area contributed by atoms with Crippen LogP contribution < -0.4 is 0 Å². The molecule has 93 heavy (non-hydrogen) atoms. The number of carbonyl (C=O) groups is 2. The van der Waals surface area contributed by atoms with E-state index >= 15 is 0 Å². The number of rotatable bonds is 18. The average molecular weight is 1340 g/mol. The first-order valence-corrected chi connectivity index (χ1v) is 32.5. The van der Waals surface area contributed by atoms with E-state index in [4.69, 9.17) is 52.1 Å². The van der Waals surface area contributed by atoms with Crippen molar-refractivity contribution in [3.8, 4) is 0 Å². The summed E-state index contributed by atoms with van der Waals surface area (Å²) in [5, 5.41) is 185. The van der Waals surface area contributed by atoms with Gasteiger partial charge in [0, 0.05) is 5.41 Å². The highest BCUT2D eigenvalue weighted by Crippen LogP contribution is 2.76. The Morgan fingerprint density at radius 3 is 1.87 bits per heavy atom. The maximum absolute atomic E-state index is 14.3. The maximum Gasteiger partial charge on any atom is 0.337 e. The highest BCUT2D eigenvalue weighted by molar-refractivity contribution is 5.77. The van der Waals surface area contributed by atoms with Gasteiger partial charge in [-0.15, -0.1) is 0 Å². The zero-order valence-electron chi connectivity index (χ0n) is 53.5. The molecule has 0 bridgehead atoms. The van der Waals surface area contributed by atoms with Gasteiger partial charge in [0.1, 0.15) is 116 Å². The molecule has 534 valence electrons. The van der Waals surface area contributed by atoms with Crippen molar-refractivity contribution in [2.75, 3.05) is 53.4 Å². The molecule has 10 aliphatic rings. The maximum atomic E-state index is 14.3. The Morgan fingerprint density at radius 2 is 1.20 bits per heavy atom. The predicted octanol–water partition coefficient (Wildman–Crippen LogP) is -5.43. The zero-order chi connectivity index (χ0) is 68.0. The fourth-order valence-electron chi connectivity index (χ4n) is 18.0. The summed E-state index contributed by atoms with van der Waals surface area (Å²) in [5.41, 5.74) is -3.15. The average Bonchev–Trinajstić information content (AvgIpc) is 0.675. The molecule has 0 amide bonds. The van der Waals surface area contributed by atoms with Crippen molar-refractivity contribution in [2.45, 2.75) is 259 Å². The van der Waals surface area contributed by atoms with Crippen LogP contribution in [0.2, 0.25) is 0 Å². The number of aliphatic hydroxyl groups is 17. The third-order valence-corrected chi connectivity index (χ3v) is 24.0. The van der Waals surface area contributed by atoms with Crippen LogP contribution in [0, 0.1) is 50.2 Å². The van der Waals surface area contributed by atoms with Crippen LogP contribution in [0.1, 0.15) is 99.3 Å². The highest BCUT2D eigenvalue weighted by Gasteiger charge is 2.71. The van der Waals surface area contributed by atoms with Gasteiger partial charge in [0.2, 0.25) is 0 Å². The summed E-state index contributed by atoms with van der Waals surface area (Å²) in [6, 6.07) is 0. The first kappa shape index (κ1) is 73.3. The van der Waals surface area contributed by atoms with E-state index in [1.165, 1.54) is 0 Å². The summed E-state index contributed by atoms with van der Waals surface area (Å²) < 4.78 is 69.9.